The number of aryl methyl sites for hydroxylation is 2. The lowest BCUT2D eigenvalue weighted by atomic mass is 9.97. The number of rotatable bonds is 5. The normalized spacial score (nSPS) is 22.3. The summed E-state index contributed by atoms with van der Waals surface area (Å²) in [6.45, 7) is 6.57. The Morgan fingerprint density at radius 2 is 1.57 bits per heavy atom. The van der Waals surface area contributed by atoms with E-state index in [0.29, 0.717) is 52.0 Å². The molecule has 28 heavy (non-hydrogen) atoms. The van der Waals surface area contributed by atoms with Crippen LogP contribution in [0.2, 0.25) is 0 Å². The van der Waals surface area contributed by atoms with Gasteiger partial charge in [-0.05, 0) is 36.8 Å². The van der Waals surface area contributed by atoms with Gasteiger partial charge in [-0.3, -0.25) is 9.59 Å². The van der Waals surface area contributed by atoms with E-state index >= 15 is 0 Å². The highest BCUT2D eigenvalue weighted by Crippen LogP contribution is 2.49. The van der Waals surface area contributed by atoms with Gasteiger partial charge in [-0.1, -0.05) is 32.0 Å². The van der Waals surface area contributed by atoms with E-state index in [-0.39, 0.29) is 11.8 Å². The molecule has 1 N–H and O–H groups in total. The van der Waals surface area contributed by atoms with E-state index in [1.165, 1.54) is 0 Å². The highest BCUT2D eigenvalue weighted by Gasteiger charge is 2.59. The molecule has 0 bridgehead atoms. The van der Waals surface area contributed by atoms with Crippen molar-refractivity contribution in [3.63, 3.8) is 0 Å². The molecular formula is C22H30N2O4. The van der Waals surface area contributed by atoms with Gasteiger partial charge in [0.2, 0.25) is 11.8 Å². The minimum atomic E-state index is -0.895. The number of para-hydroxylation sites is 1. The van der Waals surface area contributed by atoms with E-state index in [0.717, 1.165) is 29.7 Å². The molecule has 0 aromatic heterocycles. The largest absolute Gasteiger partial charge is 0.347 e. The fraction of sp³-hybridized carbons (Fsp3) is 0.636. The minimum absolute atomic E-state index is 0.0372. The van der Waals surface area contributed by atoms with Gasteiger partial charge < -0.3 is 19.7 Å². The Kier molecular flexibility index (Phi) is 5.19. The topological polar surface area (TPSA) is 67.9 Å². The fourth-order valence-corrected chi connectivity index (χ4v) is 4.44. The zero-order valence-electron chi connectivity index (χ0n) is 16.9. The molecule has 3 fully saturated rings. The van der Waals surface area contributed by atoms with Crippen molar-refractivity contribution in [1.82, 2.24) is 4.90 Å². The summed E-state index contributed by atoms with van der Waals surface area (Å²) in [5.41, 5.74) is 2.23. The number of nitrogens with zero attached hydrogens (tertiary/aromatic N) is 1. The van der Waals surface area contributed by atoms with Gasteiger partial charge in [0.1, 0.15) is 5.41 Å². The van der Waals surface area contributed by atoms with E-state index in [9.17, 15) is 9.59 Å². The van der Waals surface area contributed by atoms with Crippen LogP contribution in [0.5, 0.6) is 0 Å². The SMILES string of the molecule is CCc1cccc(CC)c1NC(=O)C1(C(=O)N2CCC3(CC2)OCCO3)CC1. The van der Waals surface area contributed by atoms with E-state index in [2.05, 4.69) is 19.2 Å². The Labute approximate surface area is 166 Å². The molecule has 6 heteroatoms. The lowest BCUT2D eigenvalue weighted by Gasteiger charge is -2.38. The van der Waals surface area contributed by atoms with Crippen LogP contribution < -0.4 is 5.32 Å². The molecule has 6 nitrogen and oxygen atoms in total. The lowest BCUT2D eigenvalue weighted by Crippen LogP contribution is -2.51. The third-order valence-corrected chi connectivity index (χ3v) is 6.46. The highest BCUT2D eigenvalue weighted by atomic mass is 16.7. The van der Waals surface area contributed by atoms with Crippen LogP contribution in [0.1, 0.15) is 50.7 Å². The average molecular weight is 386 g/mol. The van der Waals surface area contributed by atoms with Crippen LogP contribution in [0.4, 0.5) is 5.69 Å². The number of carbonyl (C=O) groups excluding carboxylic acids is 2. The number of likely N-dealkylation sites (tertiary alicyclic amines) is 1. The monoisotopic (exact) mass is 386 g/mol. The maximum atomic E-state index is 13.2. The maximum Gasteiger partial charge on any atom is 0.240 e. The van der Waals surface area contributed by atoms with Gasteiger partial charge in [-0.2, -0.15) is 0 Å². The molecule has 0 atom stereocenters. The molecule has 1 aliphatic carbocycles. The Morgan fingerprint density at radius 3 is 2.07 bits per heavy atom. The van der Waals surface area contributed by atoms with Crippen molar-refractivity contribution in [3.8, 4) is 0 Å². The zero-order valence-corrected chi connectivity index (χ0v) is 16.9. The maximum absolute atomic E-state index is 13.2. The number of hydrogen-bond acceptors (Lipinski definition) is 4. The summed E-state index contributed by atoms with van der Waals surface area (Å²) in [6, 6.07) is 6.12. The Balaban J connectivity index is 1.46. The first-order valence-electron chi connectivity index (χ1n) is 10.5. The van der Waals surface area contributed by atoms with E-state index < -0.39 is 11.2 Å². The van der Waals surface area contributed by atoms with Crippen molar-refractivity contribution in [2.45, 2.75) is 58.2 Å². The predicted octanol–water partition coefficient (Wildman–Crippen LogP) is 2.90. The molecule has 2 aliphatic heterocycles. The van der Waals surface area contributed by atoms with Crippen LogP contribution in [0.15, 0.2) is 18.2 Å². The van der Waals surface area contributed by atoms with Crippen LogP contribution in [-0.4, -0.2) is 48.8 Å². The van der Waals surface area contributed by atoms with Gasteiger partial charge in [0.25, 0.3) is 0 Å². The second-order valence-electron chi connectivity index (χ2n) is 8.09. The molecular weight excluding hydrogens is 356 g/mol. The number of carbonyl (C=O) groups is 2. The number of benzene rings is 1. The number of piperidine rings is 1. The summed E-state index contributed by atoms with van der Waals surface area (Å²) >= 11 is 0. The van der Waals surface area contributed by atoms with Crippen LogP contribution in [-0.2, 0) is 31.9 Å². The lowest BCUT2D eigenvalue weighted by molar-refractivity contribution is -0.188. The molecule has 1 aromatic rings. The summed E-state index contributed by atoms with van der Waals surface area (Å²) in [4.78, 5) is 28.2. The van der Waals surface area contributed by atoms with Crippen molar-refractivity contribution in [2.75, 3.05) is 31.6 Å². The molecule has 0 radical (unpaired) electrons. The van der Waals surface area contributed by atoms with Gasteiger partial charge in [0.15, 0.2) is 5.79 Å². The molecule has 1 aromatic carbocycles. The van der Waals surface area contributed by atoms with E-state index in [1.54, 1.807) is 0 Å². The van der Waals surface area contributed by atoms with Crippen molar-refractivity contribution in [1.29, 1.82) is 0 Å². The highest BCUT2D eigenvalue weighted by molar-refractivity contribution is 6.13. The predicted molar refractivity (Wildman–Crippen MR) is 106 cm³/mol. The van der Waals surface area contributed by atoms with Gasteiger partial charge in [-0.15, -0.1) is 0 Å². The molecule has 2 amide bonds. The third-order valence-electron chi connectivity index (χ3n) is 6.46. The van der Waals surface area contributed by atoms with Crippen molar-refractivity contribution in [3.05, 3.63) is 29.3 Å². The van der Waals surface area contributed by atoms with Gasteiger partial charge in [0.05, 0.1) is 13.2 Å². The Morgan fingerprint density at radius 1 is 1.00 bits per heavy atom. The quantitative estimate of drug-likeness (QED) is 0.790. The summed E-state index contributed by atoms with van der Waals surface area (Å²) in [5, 5.41) is 3.12. The fourth-order valence-electron chi connectivity index (χ4n) is 4.44. The molecule has 152 valence electrons. The molecule has 2 saturated heterocycles. The second kappa shape index (κ2) is 7.48. The van der Waals surface area contributed by atoms with Crippen LogP contribution in [0.3, 0.4) is 0 Å². The summed E-state index contributed by atoms with van der Waals surface area (Å²) in [6.07, 6.45) is 4.30. The van der Waals surface area contributed by atoms with Crippen molar-refractivity contribution < 1.29 is 19.1 Å². The van der Waals surface area contributed by atoms with Crippen LogP contribution >= 0.6 is 0 Å². The smallest absolute Gasteiger partial charge is 0.240 e. The molecule has 1 saturated carbocycles. The van der Waals surface area contributed by atoms with Crippen LogP contribution in [0.25, 0.3) is 0 Å². The average Bonchev–Trinajstić information content (AvgIpc) is 3.43. The molecule has 0 unspecified atom stereocenters. The standard InChI is InChI=1S/C22H30N2O4/c1-3-16-6-5-7-17(4-2)18(16)23-19(25)21(8-9-21)20(26)24-12-10-22(11-13-24)27-14-15-28-22/h5-7H,3-4,8-15H2,1-2H3,(H,23,25). The molecule has 3 aliphatic rings. The molecule has 2 heterocycles. The van der Waals surface area contributed by atoms with E-state index in [4.69, 9.17) is 9.47 Å². The van der Waals surface area contributed by atoms with Crippen LogP contribution in [0, 0.1) is 5.41 Å². The third kappa shape index (κ3) is 3.33. The second-order valence-corrected chi connectivity index (χ2v) is 8.09. The summed E-state index contributed by atoms with van der Waals surface area (Å²) in [5.74, 6) is -0.696. The van der Waals surface area contributed by atoms with Crippen molar-refractivity contribution >= 4 is 17.5 Å². The number of nitrogens with one attached hydrogen (secondary N) is 1. The Hall–Kier alpha value is -1.92. The van der Waals surface area contributed by atoms with Gasteiger partial charge in [0, 0.05) is 31.6 Å². The first-order valence-corrected chi connectivity index (χ1v) is 10.5. The van der Waals surface area contributed by atoms with E-state index in [1.807, 2.05) is 23.1 Å². The number of anilines is 1. The molecule has 4 rings (SSSR count). The van der Waals surface area contributed by atoms with Gasteiger partial charge in [-0.25, -0.2) is 0 Å². The van der Waals surface area contributed by atoms with Gasteiger partial charge >= 0.3 is 0 Å². The first kappa shape index (κ1) is 19.4. The van der Waals surface area contributed by atoms with Crippen molar-refractivity contribution in [2.24, 2.45) is 5.41 Å². The zero-order chi connectivity index (χ0) is 19.8. The first-order chi connectivity index (χ1) is 13.5. The number of ether oxygens (including phenoxy) is 2. The molecule has 1 spiro atoms. The Bertz CT molecular complexity index is 734. The summed E-state index contributed by atoms with van der Waals surface area (Å²) in [7, 11) is 0. The minimum Gasteiger partial charge on any atom is -0.347 e. The number of hydrogen-bond donors (Lipinski definition) is 1. The number of amides is 2. The summed E-state index contributed by atoms with van der Waals surface area (Å²) < 4.78 is 11.5.